The summed E-state index contributed by atoms with van der Waals surface area (Å²) >= 11 is 1.79. The van der Waals surface area contributed by atoms with Crippen LogP contribution in [0.4, 0.5) is 0 Å². The lowest BCUT2D eigenvalue weighted by Crippen LogP contribution is -2.37. The minimum atomic E-state index is 0.221. The van der Waals surface area contributed by atoms with Gasteiger partial charge in [0.05, 0.1) is 0 Å². The van der Waals surface area contributed by atoms with Gasteiger partial charge in [0.2, 0.25) is 0 Å². The summed E-state index contributed by atoms with van der Waals surface area (Å²) in [6.45, 7) is 7.64. The summed E-state index contributed by atoms with van der Waals surface area (Å²) in [7, 11) is 0. The fraction of sp³-hybridized carbons (Fsp3) is 0.538. The highest BCUT2D eigenvalue weighted by Gasteiger charge is 2.07. The van der Waals surface area contributed by atoms with Crippen molar-refractivity contribution in [1.82, 2.24) is 5.32 Å². The summed E-state index contributed by atoms with van der Waals surface area (Å²) in [6, 6.07) is 8.82. The molecule has 0 aromatic heterocycles. The van der Waals surface area contributed by atoms with Crippen molar-refractivity contribution in [2.75, 3.05) is 12.8 Å². The molecule has 0 amide bonds. The molecule has 1 N–H and O–H groups in total. The van der Waals surface area contributed by atoms with Gasteiger partial charge in [0.25, 0.3) is 0 Å². The number of benzene rings is 1. The maximum atomic E-state index is 3.49. The molecule has 1 aromatic rings. The molecule has 0 aliphatic rings. The van der Waals surface area contributed by atoms with E-state index in [0.717, 1.165) is 13.0 Å². The molecule has 0 saturated heterocycles. The first-order valence-electron chi connectivity index (χ1n) is 5.39. The van der Waals surface area contributed by atoms with Gasteiger partial charge in [-0.3, -0.25) is 0 Å². The molecule has 1 nitrogen and oxygen atoms in total. The molecule has 0 bridgehead atoms. The average molecular weight is 223 g/mol. The summed E-state index contributed by atoms with van der Waals surface area (Å²) in [6.07, 6.45) is 3.21. The molecule has 0 heterocycles. The average Bonchev–Trinajstić information content (AvgIpc) is 2.17. The van der Waals surface area contributed by atoms with Gasteiger partial charge in [-0.15, -0.1) is 11.8 Å². The van der Waals surface area contributed by atoms with Crippen LogP contribution in [0.15, 0.2) is 29.2 Å². The van der Waals surface area contributed by atoms with Crippen LogP contribution in [0.25, 0.3) is 0 Å². The van der Waals surface area contributed by atoms with Crippen LogP contribution >= 0.6 is 11.8 Å². The minimum absolute atomic E-state index is 0.221. The first-order valence-corrected chi connectivity index (χ1v) is 6.62. The van der Waals surface area contributed by atoms with E-state index in [-0.39, 0.29) is 5.54 Å². The van der Waals surface area contributed by atoms with Crippen molar-refractivity contribution in [3.8, 4) is 0 Å². The van der Waals surface area contributed by atoms with Gasteiger partial charge in [-0.05, 0) is 57.7 Å². The van der Waals surface area contributed by atoms with Crippen LogP contribution in [0, 0.1) is 0 Å². The van der Waals surface area contributed by atoms with Crippen molar-refractivity contribution >= 4 is 11.8 Å². The van der Waals surface area contributed by atoms with Crippen LogP contribution in [-0.4, -0.2) is 18.3 Å². The number of hydrogen-bond donors (Lipinski definition) is 1. The number of hydrogen-bond acceptors (Lipinski definition) is 2. The minimum Gasteiger partial charge on any atom is -0.312 e. The normalized spacial score (nSPS) is 11.7. The van der Waals surface area contributed by atoms with E-state index in [2.05, 4.69) is 56.6 Å². The lowest BCUT2D eigenvalue weighted by Gasteiger charge is -2.20. The van der Waals surface area contributed by atoms with Gasteiger partial charge in [0, 0.05) is 10.4 Å². The van der Waals surface area contributed by atoms with E-state index in [1.807, 2.05) is 0 Å². The van der Waals surface area contributed by atoms with E-state index in [1.165, 1.54) is 10.5 Å². The van der Waals surface area contributed by atoms with Gasteiger partial charge in [-0.1, -0.05) is 12.1 Å². The van der Waals surface area contributed by atoms with Gasteiger partial charge >= 0.3 is 0 Å². The summed E-state index contributed by atoms with van der Waals surface area (Å²) in [5, 5.41) is 3.49. The van der Waals surface area contributed by atoms with Gasteiger partial charge < -0.3 is 5.32 Å². The Morgan fingerprint density at radius 2 is 1.73 bits per heavy atom. The Morgan fingerprint density at radius 3 is 2.20 bits per heavy atom. The first-order chi connectivity index (χ1) is 7.01. The molecule has 1 rings (SSSR count). The molecular weight excluding hydrogens is 202 g/mol. The molecule has 0 spiro atoms. The first kappa shape index (κ1) is 12.6. The van der Waals surface area contributed by atoms with E-state index in [9.17, 15) is 0 Å². The van der Waals surface area contributed by atoms with Crippen molar-refractivity contribution in [2.45, 2.75) is 37.6 Å². The second-order valence-corrected chi connectivity index (χ2v) is 5.65. The molecule has 0 atom stereocenters. The third-order valence-electron chi connectivity index (χ3n) is 2.23. The van der Waals surface area contributed by atoms with Gasteiger partial charge in [-0.2, -0.15) is 0 Å². The molecule has 15 heavy (non-hydrogen) atoms. The summed E-state index contributed by atoms with van der Waals surface area (Å²) in [5.41, 5.74) is 1.63. The highest BCUT2D eigenvalue weighted by molar-refractivity contribution is 7.98. The zero-order chi connectivity index (χ0) is 11.3. The molecule has 0 aliphatic heterocycles. The maximum absolute atomic E-state index is 3.49. The van der Waals surface area contributed by atoms with Crippen molar-refractivity contribution in [2.24, 2.45) is 0 Å². The van der Waals surface area contributed by atoms with E-state index in [1.54, 1.807) is 11.8 Å². The Kier molecular flexibility index (Phi) is 4.68. The maximum Gasteiger partial charge on any atom is 0.00966 e. The highest BCUT2D eigenvalue weighted by Crippen LogP contribution is 2.15. The second kappa shape index (κ2) is 5.57. The third-order valence-corrected chi connectivity index (χ3v) is 2.97. The van der Waals surface area contributed by atoms with Crippen LogP contribution in [0.2, 0.25) is 0 Å². The second-order valence-electron chi connectivity index (χ2n) is 4.77. The largest absolute Gasteiger partial charge is 0.312 e. The predicted molar refractivity (Wildman–Crippen MR) is 69.7 cm³/mol. The van der Waals surface area contributed by atoms with Crippen molar-refractivity contribution in [1.29, 1.82) is 0 Å². The van der Waals surface area contributed by atoms with Crippen LogP contribution in [-0.2, 0) is 6.42 Å². The van der Waals surface area contributed by atoms with Crippen molar-refractivity contribution in [3.05, 3.63) is 29.8 Å². The molecule has 0 fully saturated rings. The van der Waals surface area contributed by atoms with Crippen LogP contribution in [0.3, 0.4) is 0 Å². The molecule has 84 valence electrons. The topological polar surface area (TPSA) is 12.0 Å². The quantitative estimate of drug-likeness (QED) is 0.786. The number of nitrogens with one attached hydrogen (secondary N) is 1. The third kappa shape index (κ3) is 5.24. The van der Waals surface area contributed by atoms with Crippen LogP contribution in [0.5, 0.6) is 0 Å². The zero-order valence-corrected chi connectivity index (χ0v) is 10.9. The lowest BCUT2D eigenvalue weighted by molar-refractivity contribution is 0.429. The molecule has 1 aromatic carbocycles. The Morgan fingerprint density at radius 1 is 1.13 bits per heavy atom. The number of thioether (sulfide) groups is 1. The Balaban J connectivity index is 2.38. The Labute approximate surface area is 97.7 Å². The van der Waals surface area contributed by atoms with E-state index < -0.39 is 0 Å². The highest BCUT2D eigenvalue weighted by atomic mass is 32.2. The van der Waals surface area contributed by atoms with Gasteiger partial charge in [-0.25, -0.2) is 0 Å². The standard InChI is InChI=1S/C13H21NS/c1-13(2,3)14-10-9-11-5-7-12(15-4)8-6-11/h5-8,14H,9-10H2,1-4H3. The molecule has 2 heteroatoms. The summed E-state index contributed by atoms with van der Waals surface area (Å²) in [5.74, 6) is 0. The smallest absolute Gasteiger partial charge is 0.00966 e. The fourth-order valence-corrected chi connectivity index (χ4v) is 1.78. The molecular formula is C13H21NS. The molecule has 0 aliphatic carbocycles. The zero-order valence-electron chi connectivity index (χ0n) is 10.1. The Hall–Kier alpha value is -0.470. The Bertz CT molecular complexity index is 284. The van der Waals surface area contributed by atoms with E-state index in [4.69, 9.17) is 0 Å². The van der Waals surface area contributed by atoms with Crippen LogP contribution in [0.1, 0.15) is 26.3 Å². The summed E-state index contributed by atoms with van der Waals surface area (Å²) < 4.78 is 0. The monoisotopic (exact) mass is 223 g/mol. The van der Waals surface area contributed by atoms with Crippen molar-refractivity contribution < 1.29 is 0 Å². The van der Waals surface area contributed by atoms with Gasteiger partial charge in [0.15, 0.2) is 0 Å². The molecule has 0 radical (unpaired) electrons. The van der Waals surface area contributed by atoms with Crippen molar-refractivity contribution in [3.63, 3.8) is 0 Å². The number of rotatable bonds is 4. The fourth-order valence-electron chi connectivity index (χ4n) is 1.37. The van der Waals surface area contributed by atoms with Gasteiger partial charge in [0.1, 0.15) is 0 Å². The lowest BCUT2D eigenvalue weighted by atomic mass is 10.1. The molecule has 0 saturated carbocycles. The predicted octanol–water partition coefficient (Wildman–Crippen LogP) is 3.34. The SMILES string of the molecule is CSc1ccc(CCNC(C)(C)C)cc1. The summed E-state index contributed by atoms with van der Waals surface area (Å²) in [4.78, 5) is 1.34. The van der Waals surface area contributed by atoms with E-state index >= 15 is 0 Å². The van der Waals surface area contributed by atoms with Crippen LogP contribution < -0.4 is 5.32 Å². The molecule has 0 unspecified atom stereocenters. The van der Waals surface area contributed by atoms with E-state index in [0.29, 0.717) is 0 Å².